The van der Waals surface area contributed by atoms with E-state index in [0.717, 1.165) is 5.69 Å². The van der Waals surface area contributed by atoms with Gasteiger partial charge in [-0.2, -0.15) is 13.9 Å². The Morgan fingerprint density at radius 1 is 1.33 bits per heavy atom. The molecule has 5 nitrogen and oxygen atoms in total. The number of benzene rings is 1. The molecule has 2 rings (SSSR count). The second kappa shape index (κ2) is 6.34. The van der Waals surface area contributed by atoms with E-state index in [-0.39, 0.29) is 17.2 Å². The van der Waals surface area contributed by atoms with Gasteiger partial charge >= 0.3 is 6.61 Å². The number of aromatic nitrogens is 2. The molecule has 2 aromatic rings. The van der Waals surface area contributed by atoms with Crippen LogP contribution in [-0.2, 0) is 0 Å². The van der Waals surface area contributed by atoms with Crippen LogP contribution in [0.5, 0.6) is 5.75 Å². The van der Waals surface area contributed by atoms with Crippen molar-refractivity contribution in [1.29, 1.82) is 0 Å². The maximum atomic E-state index is 12.3. The van der Waals surface area contributed by atoms with Crippen molar-refractivity contribution in [2.24, 2.45) is 0 Å². The lowest BCUT2D eigenvalue weighted by atomic mass is 10.1. The normalized spacial score (nSPS) is 11.0. The van der Waals surface area contributed by atoms with Gasteiger partial charge < -0.3 is 10.1 Å². The monoisotopic (exact) mass is 295 g/mol. The molecule has 0 aliphatic carbocycles. The highest BCUT2D eigenvalue weighted by Gasteiger charge is 2.16. The minimum atomic E-state index is -2.99. The first-order valence-corrected chi connectivity index (χ1v) is 6.38. The number of alkyl halides is 2. The molecule has 0 spiro atoms. The molecule has 0 aliphatic heterocycles. The second-order valence-corrected chi connectivity index (χ2v) is 4.69. The molecule has 0 atom stereocenters. The van der Waals surface area contributed by atoms with Crippen LogP contribution in [-0.4, -0.2) is 22.7 Å². The summed E-state index contributed by atoms with van der Waals surface area (Å²) in [6, 6.07) is 7.49. The molecular weight excluding hydrogens is 280 g/mol. The molecule has 0 fully saturated rings. The number of ether oxygens (including phenoxy) is 1. The summed E-state index contributed by atoms with van der Waals surface area (Å²) in [5.74, 6) is -0.175. The number of hydrogen-bond donors (Lipinski definition) is 2. The number of carbonyl (C=O) groups excluding carboxylic acids is 1. The summed E-state index contributed by atoms with van der Waals surface area (Å²) < 4.78 is 28.9. The number of halogens is 2. The van der Waals surface area contributed by atoms with Gasteiger partial charge in [0.1, 0.15) is 5.75 Å². The Balaban J connectivity index is 2.16. The van der Waals surface area contributed by atoms with Crippen LogP contribution < -0.4 is 10.1 Å². The van der Waals surface area contributed by atoms with E-state index in [4.69, 9.17) is 0 Å². The van der Waals surface area contributed by atoms with E-state index in [1.807, 2.05) is 13.8 Å². The van der Waals surface area contributed by atoms with Gasteiger partial charge in [0, 0.05) is 11.8 Å². The van der Waals surface area contributed by atoms with Crippen LogP contribution in [0.1, 0.15) is 35.8 Å². The van der Waals surface area contributed by atoms with Crippen LogP contribution in [0.15, 0.2) is 30.3 Å². The third-order valence-corrected chi connectivity index (χ3v) is 2.81. The maximum Gasteiger partial charge on any atom is 0.387 e. The zero-order valence-corrected chi connectivity index (χ0v) is 11.6. The zero-order chi connectivity index (χ0) is 15.4. The van der Waals surface area contributed by atoms with Crippen molar-refractivity contribution >= 4 is 11.7 Å². The molecule has 1 aromatic heterocycles. The van der Waals surface area contributed by atoms with Crippen LogP contribution in [0.25, 0.3) is 0 Å². The number of carbonyl (C=O) groups is 1. The van der Waals surface area contributed by atoms with Crippen LogP contribution in [0.3, 0.4) is 0 Å². The van der Waals surface area contributed by atoms with E-state index in [9.17, 15) is 13.6 Å². The fourth-order valence-corrected chi connectivity index (χ4v) is 1.73. The number of para-hydroxylation sites is 1. The number of H-pyrrole nitrogens is 1. The summed E-state index contributed by atoms with van der Waals surface area (Å²) in [4.78, 5) is 12.1. The molecule has 0 saturated heterocycles. The van der Waals surface area contributed by atoms with Gasteiger partial charge in [-0.1, -0.05) is 26.0 Å². The van der Waals surface area contributed by atoms with E-state index in [2.05, 4.69) is 20.3 Å². The highest BCUT2D eigenvalue weighted by atomic mass is 19.3. The first kappa shape index (κ1) is 15.0. The molecule has 0 radical (unpaired) electrons. The standard InChI is InChI=1S/C14H15F2N3O2/c1-8(2)10-7-12(19-18-10)17-13(20)9-5-3-4-6-11(9)21-14(15)16/h3-8,14H,1-2H3,(H2,17,18,19,20). The minimum Gasteiger partial charge on any atom is -0.434 e. The van der Waals surface area contributed by atoms with Crippen LogP contribution in [0, 0.1) is 0 Å². The smallest absolute Gasteiger partial charge is 0.387 e. The molecule has 7 heteroatoms. The average Bonchev–Trinajstić information content (AvgIpc) is 2.87. The van der Waals surface area contributed by atoms with Gasteiger partial charge in [-0.05, 0) is 18.1 Å². The van der Waals surface area contributed by atoms with E-state index in [0.29, 0.717) is 5.82 Å². The summed E-state index contributed by atoms with van der Waals surface area (Å²) in [6.07, 6.45) is 0. The van der Waals surface area contributed by atoms with E-state index in [1.165, 1.54) is 18.2 Å². The molecule has 0 bridgehead atoms. The Labute approximate surface area is 120 Å². The Morgan fingerprint density at radius 2 is 2.05 bits per heavy atom. The number of rotatable bonds is 5. The Hall–Kier alpha value is -2.44. The third kappa shape index (κ3) is 3.77. The summed E-state index contributed by atoms with van der Waals surface area (Å²) >= 11 is 0. The average molecular weight is 295 g/mol. The van der Waals surface area contributed by atoms with Crippen LogP contribution in [0.2, 0.25) is 0 Å². The number of hydrogen-bond acceptors (Lipinski definition) is 3. The van der Waals surface area contributed by atoms with Gasteiger partial charge in [0.15, 0.2) is 5.82 Å². The van der Waals surface area contributed by atoms with E-state index >= 15 is 0 Å². The molecule has 0 saturated carbocycles. The fourth-order valence-electron chi connectivity index (χ4n) is 1.73. The topological polar surface area (TPSA) is 67.0 Å². The van der Waals surface area contributed by atoms with Crippen molar-refractivity contribution in [1.82, 2.24) is 10.2 Å². The van der Waals surface area contributed by atoms with Gasteiger partial charge in [-0.25, -0.2) is 0 Å². The summed E-state index contributed by atoms with van der Waals surface area (Å²) in [5, 5.41) is 9.28. The second-order valence-electron chi connectivity index (χ2n) is 4.69. The largest absolute Gasteiger partial charge is 0.434 e. The lowest BCUT2D eigenvalue weighted by Gasteiger charge is -2.09. The first-order chi connectivity index (χ1) is 9.97. The van der Waals surface area contributed by atoms with Gasteiger partial charge in [-0.3, -0.25) is 9.89 Å². The molecule has 112 valence electrons. The van der Waals surface area contributed by atoms with Crippen LogP contribution in [0.4, 0.5) is 14.6 Å². The molecule has 0 aliphatic rings. The molecule has 21 heavy (non-hydrogen) atoms. The molecule has 1 aromatic carbocycles. The first-order valence-electron chi connectivity index (χ1n) is 6.38. The lowest BCUT2D eigenvalue weighted by Crippen LogP contribution is -2.15. The Kier molecular flexibility index (Phi) is 4.52. The number of amides is 1. The Morgan fingerprint density at radius 3 is 2.67 bits per heavy atom. The van der Waals surface area contributed by atoms with E-state index < -0.39 is 12.5 Å². The zero-order valence-electron chi connectivity index (χ0n) is 11.6. The summed E-state index contributed by atoms with van der Waals surface area (Å²) in [5.41, 5.74) is 0.884. The van der Waals surface area contributed by atoms with Crippen molar-refractivity contribution in [3.05, 3.63) is 41.6 Å². The Bertz CT molecular complexity index is 626. The van der Waals surface area contributed by atoms with Crippen molar-refractivity contribution in [3.63, 3.8) is 0 Å². The number of nitrogens with one attached hydrogen (secondary N) is 2. The predicted octanol–water partition coefficient (Wildman–Crippen LogP) is 3.39. The van der Waals surface area contributed by atoms with Gasteiger partial charge in [-0.15, -0.1) is 0 Å². The molecular formula is C14H15F2N3O2. The highest BCUT2D eigenvalue weighted by molar-refractivity contribution is 6.05. The third-order valence-electron chi connectivity index (χ3n) is 2.81. The highest BCUT2D eigenvalue weighted by Crippen LogP contribution is 2.22. The van der Waals surface area contributed by atoms with Gasteiger partial charge in [0.2, 0.25) is 0 Å². The maximum absolute atomic E-state index is 12.3. The fraction of sp³-hybridized carbons (Fsp3) is 0.286. The minimum absolute atomic E-state index is 0.0203. The predicted molar refractivity (Wildman–Crippen MR) is 73.7 cm³/mol. The van der Waals surface area contributed by atoms with Crippen molar-refractivity contribution < 1.29 is 18.3 Å². The van der Waals surface area contributed by atoms with Crippen molar-refractivity contribution in [2.75, 3.05) is 5.32 Å². The van der Waals surface area contributed by atoms with Gasteiger partial charge in [0.05, 0.1) is 5.56 Å². The van der Waals surface area contributed by atoms with Crippen LogP contribution >= 0.6 is 0 Å². The summed E-state index contributed by atoms with van der Waals surface area (Å²) in [6.45, 7) is 0.965. The number of aromatic amines is 1. The number of anilines is 1. The number of nitrogens with zero attached hydrogens (tertiary/aromatic N) is 1. The quantitative estimate of drug-likeness (QED) is 0.888. The molecule has 0 unspecified atom stereocenters. The summed E-state index contributed by atoms with van der Waals surface area (Å²) in [7, 11) is 0. The molecule has 1 heterocycles. The van der Waals surface area contributed by atoms with E-state index in [1.54, 1.807) is 12.1 Å². The SMILES string of the molecule is CC(C)c1cc(NC(=O)c2ccccc2OC(F)F)n[nH]1. The molecule has 2 N–H and O–H groups in total. The van der Waals surface area contributed by atoms with Crippen molar-refractivity contribution in [2.45, 2.75) is 26.4 Å². The molecule has 1 amide bonds. The van der Waals surface area contributed by atoms with Crippen molar-refractivity contribution in [3.8, 4) is 5.75 Å². The van der Waals surface area contributed by atoms with Gasteiger partial charge in [0.25, 0.3) is 5.91 Å². The lowest BCUT2D eigenvalue weighted by molar-refractivity contribution is -0.0501.